The summed E-state index contributed by atoms with van der Waals surface area (Å²) in [5.74, 6) is -0.776. The Morgan fingerprint density at radius 3 is 2.44 bits per heavy atom. The van der Waals surface area contributed by atoms with E-state index in [1.165, 1.54) is 11.0 Å². The highest BCUT2D eigenvalue weighted by Crippen LogP contribution is 2.45. The number of nitrogens with zero attached hydrogens (tertiary/aromatic N) is 2. The molecule has 254 valence electrons. The summed E-state index contributed by atoms with van der Waals surface area (Å²) in [6.07, 6.45) is 1.39. The smallest absolute Gasteiger partial charge is 0.411 e. The van der Waals surface area contributed by atoms with E-state index in [0.29, 0.717) is 40.9 Å². The van der Waals surface area contributed by atoms with Crippen LogP contribution in [0.15, 0.2) is 67.3 Å². The number of fused-ring (bicyclic) bond motifs is 1. The lowest BCUT2D eigenvalue weighted by Crippen LogP contribution is -2.56. The number of hydrogen-bond donors (Lipinski definition) is 2. The molecule has 3 amide bonds. The van der Waals surface area contributed by atoms with Crippen molar-refractivity contribution >= 4 is 38.8 Å². The Morgan fingerprint density at radius 2 is 1.81 bits per heavy atom. The van der Waals surface area contributed by atoms with Gasteiger partial charge in [0.2, 0.25) is 15.9 Å². The van der Waals surface area contributed by atoms with E-state index in [9.17, 15) is 22.8 Å². The van der Waals surface area contributed by atoms with Gasteiger partial charge < -0.3 is 19.5 Å². The average Bonchev–Trinajstić information content (AvgIpc) is 3.97. The van der Waals surface area contributed by atoms with Crippen molar-refractivity contribution in [3.63, 3.8) is 0 Å². The number of likely N-dealkylation sites (tertiary alicyclic amines) is 1. The number of methoxy groups -OCH3 is 1. The summed E-state index contributed by atoms with van der Waals surface area (Å²) >= 11 is 0. The second kappa shape index (κ2) is 12.4. The van der Waals surface area contributed by atoms with Crippen LogP contribution in [0, 0.1) is 5.92 Å². The molecule has 13 heteroatoms. The quantitative estimate of drug-likeness (QED) is 0.299. The van der Waals surface area contributed by atoms with Gasteiger partial charge in [0.05, 0.1) is 30.1 Å². The van der Waals surface area contributed by atoms with Crippen LogP contribution < -0.4 is 19.5 Å². The summed E-state index contributed by atoms with van der Waals surface area (Å²) in [6, 6.07) is 15.8. The van der Waals surface area contributed by atoms with Gasteiger partial charge in [-0.1, -0.05) is 36.4 Å². The van der Waals surface area contributed by atoms with Crippen LogP contribution in [0.4, 0.5) is 4.79 Å². The molecule has 2 N–H and O–H groups in total. The highest BCUT2D eigenvalue weighted by molar-refractivity contribution is 7.91. The molecular weight excluding hydrogens is 636 g/mol. The van der Waals surface area contributed by atoms with Crippen LogP contribution in [-0.2, 0) is 24.3 Å². The van der Waals surface area contributed by atoms with Gasteiger partial charge in [-0.15, -0.1) is 6.58 Å². The van der Waals surface area contributed by atoms with Crippen LogP contribution >= 0.6 is 0 Å². The summed E-state index contributed by atoms with van der Waals surface area (Å²) < 4.78 is 45.0. The minimum absolute atomic E-state index is 0.0216. The first kappa shape index (κ1) is 33.3. The molecule has 2 aliphatic carbocycles. The minimum atomic E-state index is -3.85. The molecule has 0 radical (unpaired) electrons. The molecule has 3 aromatic rings. The Balaban J connectivity index is 1.29. The molecule has 2 saturated carbocycles. The highest BCUT2D eigenvalue weighted by atomic mass is 32.2. The Labute approximate surface area is 279 Å². The Hall–Kier alpha value is -4.65. The van der Waals surface area contributed by atoms with Crippen LogP contribution in [0.5, 0.6) is 11.5 Å². The number of ether oxygens (including phenoxy) is 3. The number of sulfonamides is 1. The molecule has 4 unspecified atom stereocenters. The van der Waals surface area contributed by atoms with E-state index in [-0.39, 0.29) is 19.4 Å². The number of carbonyl (C=O) groups is 3. The maximum Gasteiger partial charge on any atom is 0.411 e. The van der Waals surface area contributed by atoms with Crippen molar-refractivity contribution in [2.45, 2.75) is 75.0 Å². The molecule has 1 aromatic heterocycles. The van der Waals surface area contributed by atoms with Crippen LogP contribution in [-0.4, -0.2) is 78.4 Å². The van der Waals surface area contributed by atoms with Crippen LogP contribution in [0.1, 0.15) is 46.5 Å². The zero-order valence-corrected chi connectivity index (χ0v) is 28.2. The molecule has 4 atom stereocenters. The van der Waals surface area contributed by atoms with Crippen molar-refractivity contribution in [1.82, 2.24) is 19.9 Å². The van der Waals surface area contributed by atoms with E-state index < -0.39 is 62.4 Å². The third-order valence-electron chi connectivity index (χ3n) is 8.78. The van der Waals surface area contributed by atoms with Crippen LogP contribution in [0.25, 0.3) is 22.2 Å². The number of rotatable bonds is 10. The van der Waals surface area contributed by atoms with Gasteiger partial charge in [0, 0.05) is 35.4 Å². The highest BCUT2D eigenvalue weighted by Gasteiger charge is 2.62. The third-order valence-corrected chi connectivity index (χ3v) is 10.6. The number of nitrogens with one attached hydrogen (secondary N) is 2. The summed E-state index contributed by atoms with van der Waals surface area (Å²) in [4.78, 5) is 46.9. The van der Waals surface area contributed by atoms with E-state index >= 15 is 0 Å². The van der Waals surface area contributed by atoms with Gasteiger partial charge in [0.15, 0.2) is 0 Å². The fourth-order valence-corrected chi connectivity index (χ4v) is 7.37. The first-order valence-electron chi connectivity index (χ1n) is 15.9. The average molecular weight is 677 g/mol. The number of aromatic nitrogens is 1. The summed E-state index contributed by atoms with van der Waals surface area (Å²) in [5, 5.41) is 2.88. The zero-order chi connectivity index (χ0) is 34.4. The number of pyridine rings is 1. The lowest BCUT2D eigenvalue weighted by Gasteiger charge is -2.29. The van der Waals surface area contributed by atoms with Gasteiger partial charge in [-0.3, -0.25) is 19.2 Å². The Morgan fingerprint density at radius 1 is 1.08 bits per heavy atom. The van der Waals surface area contributed by atoms with Crippen molar-refractivity contribution in [2.75, 3.05) is 13.7 Å². The summed E-state index contributed by atoms with van der Waals surface area (Å²) in [6.45, 7) is 8.96. The molecule has 3 aliphatic rings. The predicted molar refractivity (Wildman–Crippen MR) is 179 cm³/mol. The summed E-state index contributed by atoms with van der Waals surface area (Å²) in [7, 11) is -2.28. The van der Waals surface area contributed by atoms with E-state index in [2.05, 4.69) is 16.6 Å². The predicted octanol–water partition coefficient (Wildman–Crippen LogP) is 4.34. The van der Waals surface area contributed by atoms with Crippen molar-refractivity contribution in [3.05, 3.63) is 67.3 Å². The maximum absolute atomic E-state index is 14.0. The standard InChI is InChI=1S/C35H40N4O8S/c1-6-22-19-35(22,32(41)38-48(43,44)25-13-14-25)37-31(40)29-17-24(20-39(29)33(42)47-34(2,3)4)46-30-18-27(21-10-8-7-9-11-21)36-28-16-23(45-5)12-15-26(28)30/h6-12,15-16,18,22,24-25,29H,1,13-14,17,19-20H2,2-5H3,(H,37,40)(H,38,41). The first-order valence-corrected chi connectivity index (χ1v) is 17.5. The van der Waals surface area contributed by atoms with Gasteiger partial charge in [-0.25, -0.2) is 18.2 Å². The molecule has 6 rings (SSSR count). The fourth-order valence-electron chi connectivity index (χ4n) is 6.01. The van der Waals surface area contributed by atoms with Crippen molar-refractivity contribution in [1.29, 1.82) is 0 Å². The molecule has 1 aliphatic heterocycles. The van der Waals surface area contributed by atoms with E-state index in [1.807, 2.05) is 48.5 Å². The fraction of sp³-hybridized carbons (Fsp3) is 0.429. The zero-order valence-electron chi connectivity index (χ0n) is 27.4. The summed E-state index contributed by atoms with van der Waals surface area (Å²) in [5.41, 5.74) is -0.157. The van der Waals surface area contributed by atoms with Crippen LogP contribution in [0.2, 0.25) is 0 Å². The topological polar surface area (TPSA) is 153 Å². The van der Waals surface area contributed by atoms with Gasteiger partial charge >= 0.3 is 6.09 Å². The van der Waals surface area contributed by atoms with E-state index in [0.717, 1.165) is 5.56 Å². The van der Waals surface area contributed by atoms with Gasteiger partial charge in [-0.2, -0.15) is 0 Å². The SMILES string of the molecule is C=CC1CC1(NC(=O)C1CC(Oc2cc(-c3ccccc3)nc3cc(OC)ccc23)CN1C(=O)OC(C)(C)C)C(=O)NS(=O)(=O)C1CC1. The lowest BCUT2D eigenvalue weighted by molar-refractivity contribution is -0.131. The normalized spacial score (nSPS) is 23.7. The van der Waals surface area contributed by atoms with Crippen molar-refractivity contribution < 1.29 is 37.0 Å². The number of benzene rings is 2. The van der Waals surface area contributed by atoms with E-state index in [1.54, 1.807) is 33.9 Å². The molecule has 2 heterocycles. The van der Waals surface area contributed by atoms with Crippen molar-refractivity contribution in [3.8, 4) is 22.8 Å². The van der Waals surface area contributed by atoms with Gasteiger partial charge in [0.25, 0.3) is 5.91 Å². The maximum atomic E-state index is 14.0. The second-order valence-corrected chi connectivity index (χ2v) is 15.5. The third kappa shape index (κ3) is 6.82. The molecule has 2 aromatic carbocycles. The monoisotopic (exact) mass is 676 g/mol. The van der Waals surface area contributed by atoms with Crippen LogP contribution in [0.3, 0.4) is 0 Å². The molecule has 12 nitrogen and oxygen atoms in total. The van der Waals surface area contributed by atoms with Gasteiger partial charge in [0.1, 0.15) is 34.8 Å². The Bertz CT molecular complexity index is 1870. The molecule has 48 heavy (non-hydrogen) atoms. The lowest BCUT2D eigenvalue weighted by atomic mass is 10.1. The van der Waals surface area contributed by atoms with E-state index in [4.69, 9.17) is 19.2 Å². The first-order chi connectivity index (χ1) is 22.7. The molecule has 0 spiro atoms. The van der Waals surface area contributed by atoms with Crippen molar-refractivity contribution in [2.24, 2.45) is 5.92 Å². The second-order valence-electron chi connectivity index (χ2n) is 13.6. The number of carbonyl (C=O) groups excluding carboxylic acids is 3. The minimum Gasteiger partial charge on any atom is -0.497 e. The molecule has 0 bridgehead atoms. The van der Waals surface area contributed by atoms with Gasteiger partial charge in [-0.05, 0) is 52.2 Å². The largest absolute Gasteiger partial charge is 0.497 e. The number of hydrogen-bond acceptors (Lipinski definition) is 9. The molecular formula is C35H40N4O8S. The molecule has 3 fully saturated rings. The molecule has 1 saturated heterocycles. The Kier molecular flexibility index (Phi) is 8.61. The number of amides is 3.